The molecule has 0 heterocycles. The van der Waals surface area contributed by atoms with Crippen molar-refractivity contribution in [1.82, 2.24) is 5.32 Å². The zero-order valence-electron chi connectivity index (χ0n) is 12.1. The highest BCUT2D eigenvalue weighted by molar-refractivity contribution is 4.90. The number of unbranched alkanes of at least 4 members (excludes halogenated alkanes) is 2. The second-order valence-electron chi connectivity index (χ2n) is 6.40. The van der Waals surface area contributed by atoms with E-state index in [-0.39, 0.29) is 0 Å². The highest BCUT2D eigenvalue weighted by Gasteiger charge is 2.17. The van der Waals surface area contributed by atoms with Crippen LogP contribution < -0.4 is 5.32 Å². The lowest BCUT2D eigenvalue weighted by Crippen LogP contribution is -2.33. The molecule has 100 valence electrons. The van der Waals surface area contributed by atoms with Crippen LogP contribution in [0.15, 0.2) is 12.2 Å². The zero-order chi connectivity index (χ0) is 12.6. The molecule has 0 amide bonds. The van der Waals surface area contributed by atoms with Crippen molar-refractivity contribution in [3.8, 4) is 0 Å². The van der Waals surface area contributed by atoms with Crippen molar-refractivity contribution < 1.29 is 0 Å². The molecule has 1 atom stereocenters. The number of nitrogens with one attached hydrogen (secondary N) is 1. The highest BCUT2D eigenvalue weighted by Crippen LogP contribution is 2.23. The molecule has 17 heavy (non-hydrogen) atoms. The Kier molecular flexibility index (Phi) is 6.87. The monoisotopic (exact) mass is 237 g/mol. The van der Waals surface area contributed by atoms with Crippen LogP contribution >= 0.6 is 0 Å². The molecule has 0 aromatic carbocycles. The Bertz CT molecular complexity index is 218. The third-order valence-corrected chi connectivity index (χ3v) is 3.87. The van der Waals surface area contributed by atoms with Gasteiger partial charge >= 0.3 is 0 Å². The van der Waals surface area contributed by atoms with E-state index in [0.717, 1.165) is 5.92 Å². The summed E-state index contributed by atoms with van der Waals surface area (Å²) >= 11 is 0. The third kappa shape index (κ3) is 6.88. The molecular formula is C16H31N. The van der Waals surface area contributed by atoms with Crippen molar-refractivity contribution in [1.29, 1.82) is 0 Å². The quantitative estimate of drug-likeness (QED) is 0.483. The van der Waals surface area contributed by atoms with Crippen LogP contribution in [0.4, 0.5) is 0 Å². The van der Waals surface area contributed by atoms with Crippen molar-refractivity contribution in [2.75, 3.05) is 13.1 Å². The van der Waals surface area contributed by atoms with E-state index in [4.69, 9.17) is 0 Å². The molecule has 0 aromatic rings. The van der Waals surface area contributed by atoms with Crippen molar-refractivity contribution in [3.05, 3.63) is 12.2 Å². The molecule has 0 bridgehead atoms. The van der Waals surface area contributed by atoms with Gasteiger partial charge < -0.3 is 5.32 Å². The van der Waals surface area contributed by atoms with Gasteiger partial charge in [-0.25, -0.2) is 0 Å². The number of rotatable bonds is 8. The highest BCUT2D eigenvalue weighted by atomic mass is 14.9. The summed E-state index contributed by atoms with van der Waals surface area (Å²) in [6.07, 6.45) is 14.1. The predicted molar refractivity (Wildman–Crippen MR) is 77.3 cm³/mol. The van der Waals surface area contributed by atoms with Gasteiger partial charge in [-0.15, -0.1) is 0 Å². The maximum Gasteiger partial charge on any atom is 0.000263 e. The summed E-state index contributed by atoms with van der Waals surface area (Å²) < 4.78 is 0. The molecule has 1 unspecified atom stereocenters. The van der Waals surface area contributed by atoms with Crippen molar-refractivity contribution in [2.24, 2.45) is 11.3 Å². The fraction of sp³-hybridized carbons (Fsp3) is 0.875. The Morgan fingerprint density at radius 2 is 2.06 bits per heavy atom. The van der Waals surface area contributed by atoms with Gasteiger partial charge in [-0.3, -0.25) is 0 Å². The second-order valence-corrected chi connectivity index (χ2v) is 6.40. The summed E-state index contributed by atoms with van der Waals surface area (Å²) in [7, 11) is 0. The molecule has 0 aromatic heterocycles. The second kappa shape index (κ2) is 7.92. The van der Waals surface area contributed by atoms with Crippen LogP contribution in [0.1, 0.15) is 65.7 Å². The largest absolute Gasteiger partial charge is 0.316 e. The minimum absolute atomic E-state index is 0.472. The summed E-state index contributed by atoms with van der Waals surface area (Å²) in [5.74, 6) is 0.881. The fourth-order valence-corrected chi connectivity index (χ4v) is 2.60. The molecule has 0 saturated carbocycles. The van der Waals surface area contributed by atoms with Gasteiger partial charge in [0.15, 0.2) is 0 Å². The Morgan fingerprint density at radius 1 is 1.24 bits per heavy atom. The van der Waals surface area contributed by atoms with Gasteiger partial charge in [0.05, 0.1) is 0 Å². The Labute approximate surface area is 108 Å². The van der Waals surface area contributed by atoms with Crippen LogP contribution in [0.25, 0.3) is 0 Å². The van der Waals surface area contributed by atoms with Crippen molar-refractivity contribution in [2.45, 2.75) is 65.7 Å². The Morgan fingerprint density at radius 3 is 2.71 bits per heavy atom. The third-order valence-electron chi connectivity index (χ3n) is 3.87. The van der Waals surface area contributed by atoms with Gasteiger partial charge in [0.2, 0.25) is 0 Å². The molecule has 0 saturated heterocycles. The van der Waals surface area contributed by atoms with Crippen LogP contribution in [-0.2, 0) is 0 Å². The van der Waals surface area contributed by atoms with Gasteiger partial charge in [0, 0.05) is 6.54 Å². The van der Waals surface area contributed by atoms with E-state index in [9.17, 15) is 0 Å². The Balaban J connectivity index is 2.09. The lowest BCUT2D eigenvalue weighted by atomic mass is 9.86. The van der Waals surface area contributed by atoms with Crippen LogP contribution in [0.2, 0.25) is 0 Å². The zero-order valence-corrected chi connectivity index (χ0v) is 12.1. The van der Waals surface area contributed by atoms with Crippen molar-refractivity contribution in [3.63, 3.8) is 0 Å². The first-order valence-corrected chi connectivity index (χ1v) is 7.50. The SMILES string of the molecule is CCCCCC(C)(C)CNCC1CC=CCC1. The van der Waals surface area contributed by atoms with E-state index in [2.05, 4.69) is 38.2 Å². The minimum atomic E-state index is 0.472. The van der Waals surface area contributed by atoms with Crippen LogP contribution in [0, 0.1) is 11.3 Å². The molecule has 0 radical (unpaired) electrons. The topological polar surface area (TPSA) is 12.0 Å². The molecule has 1 nitrogen and oxygen atoms in total. The summed E-state index contributed by atoms with van der Waals surface area (Å²) in [5, 5.41) is 3.69. The maximum absolute atomic E-state index is 3.69. The number of allylic oxidation sites excluding steroid dienone is 2. The van der Waals surface area contributed by atoms with Gasteiger partial charge in [-0.05, 0) is 43.6 Å². The first kappa shape index (κ1) is 14.8. The average molecular weight is 237 g/mol. The van der Waals surface area contributed by atoms with E-state index in [1.165, 1.54) is 58.0 Å². The van der Waals surface area contributed by atoms with E-state index in [0.29, 0.717) is 5.41 Å². The summed E-state index contributed by atoms with van der Waals surface area (Å²) in [5.41, 5.74) is 0.472. The predicted octanol–water partition coefficient (Wildman–Crippen LogP) is 4.54. The smallest absolute Gasteiger partial charge is 0.000263 e. The standard InChI is InChI=1S/C16H31N/c1-4-5-9-12-16(2,3)14-17-13-15-10-7-6-8-11-15/h6-7,15,17H,4-5,8-14H2,1-3H3. The number of hydrogen-bond donors (Lipinski definition) is 1. The lowest BCUT2D eigenvalue weighted by molar-refractivity contribution is 0.290. The van der Waals surface area contributed by atoms with E-state index < -0.39 is 0 Å². The van der Waals surface area contributed by atoms with E-state index in [1.54, 1.807) is 0 Å². The molecule has 0 aliphatic heterocycles. The Hall–Kier alpha value is -0.300. The molecule has 0 fully saturated rings. The lowest BCUT2D eigenvalue weighted by Gasteiger charge is -2.27. The van der Waals surface area contributed by atoms with Crippen LogP contribution in [0.5, 0.6) is 0 Å². The minimum Gasteiger partial charge on any atom is -0.316 e. The summed E-state index contributed by atoms with van der Waals surface area (Å²) in [4.78, 5) is 0. The number of hydrogen-bond acceptors (Lipinski definition) is 1. The van der Waals surface area contributed by atoms with E-state index in [1.807, 2.05) is 0 Å². The molecular weight excluding hydrogens is 206 g/mol. The molecule has 0 spiro atoms. The van der Waals surface area contributed by atoms with Gasteiger partial charge in [0.25, 0.3) is 0 Å². The molecule has 1 N–H and O–H groups in total. The first-order chi connectivity index (χ1) is 8.14. The average Bonchev–Trinajstić information content (AvgIpc) is 2.30. The van der Waals surface area contributed by atoms with Crippen LogP contribution in [-0.4, -0.2) is 13.1 Å². The molecule has 1 rings (SSSR count). The van der Waals surface area contributed by atoms with Gasteiger partial charge in [-0.1, -0.05) is 52.2 Å². The van der Waals surface area contributed by atoms with Gasteiger partial charge in [-0.2, -0.15) is 0 Å². The first-order valence-electron chi connectivity index (χ1n) is 7.50. The van der Waals surface area contributed by atoms with Crippen LogP contribution in [0.3, 0.4) is 0 Å². The summed E-state index contributed by atoms with van der Waals surface area (Å²) in [6.45, 7) is 9.47. The normalized spacial score (nSPS) is 20.8. The molecule has 1 heteroatoms. The maximum atomic E-state index is 3.69. The van der Waals surface area contributed by atoms with Gasteiger partial charge in [0.1, 0.15) is 0 Å². The van der Waals surface area contributed by atoms with E-state index >= 15 is 0 Å². The summed E-state index contributed by atoms with van der Waals surface area (Å²) in [6, 6.07) is 0. The van der Waals surface area contributed by atoms with Crippen molar-refractivity contribution >= 4 is 0 Å². The fourth-order valence-electron chi connectivity index (χ4n) is 2.60. The molecule has 1 aliphatic rings. The molecule has 1 aliphatic carbocycles.